The number of aromatic amines is 1. The molecule has 2 aromatic rings. The van der Waals surface area contributed by atoms with Gasteiger partial charge in [0.2, 0.25) is 0 Å². The van der Waals surface area contributed by atoms with Gasteiger partial charge in [-0.15, -0.1) is 0 Å². The lowest BCUT2D eigenvalue weighted by atomic mass is 10.2. The van der Waals surface area contributed by atoms with E-state index in [9.17, 15) is 0 Å². The standard InChI is InChI=1S/C13H18N2OS2/c1-9(6-7-18-3)15-12-5-4-10(16-2)8-11(12)14-13(15)17/h4-5,8-9H,6-7H2,1-3H3,(H,14,17). The number of rotatable bonds is 5. The molecule has 0 bridgehead atoms. The van der Waals surface area contributed by atoms with Crippen LogP contribution in [0.15, 0.2) is 18.2 Å². The Kier molecular flexibility index (Phi) is 4.35. The van der Waals surface area contributed by atoms with Crippen LogP contribution in [0, 0.1) is 4.77 Å². The van der Waals surface area contributed by atoms with E-state index in [2.05, 4.69) is 28.8 Å². The third-order valence-electron chi connectivity index (χ3n) is 3.10. The summed E-state index contributed by atoms with van der Waals surface area (Å²) in [5, 5.41) is 0. The largest absolute Gasteiger partial charge is 0.497 e. The number of H-pyrrole nitrogens is 1. The molecule has 0 amide bonds. The molecule has 1 atom stereocenters. The fourth-order valence-electron chi connectivity index (χ4n) is 2.09. The van der Waals surface area contributed by atoms with Gasteiger partial charge in [-0.1, -0.05) is 0 Å². The number of nitrogens with one attached hydrogen (secondary N) is 1. The molecule has 0 radical (unpaired) electrons. The first-order valence-corrected chi connectivity index (χ1v) is 7.74. The minimum Gasteiger partial charge on any atom is -0.497 e. The molecule has 3 nitrogen and oxygen atoms in total. The number of aromatic nitrogens is 2. The van der Waals surface area contributed by atoms with E-state index in [4.69, 9.17) is 17.0 Å². The van der Waals surface area contributed by atoms with Crippen LogP contribution in [-0.4, -0.2) is 28.7 Å². The molecule has 1 N–H and O–H groups in total. The highest BCUT2D eigenvalue weighted by Crippen LogP contribution is 2.25. The summed E-state index contributed by atoms with van der Waals surface area (Å²) < 4.78 is 8.21. The van der Waals surface area contributed by atoms with Crippen molar-refractivity contribution in [2.24, 2.45) is 0 Å². The van der Waals surface area contributed by atoms with Gasteiger partial charge in [0.1, 0.15) is 5.75 Å². The predicted octanol–water partition coefficient (Wildman–Crippen LogP) is 4.02. The molecule has 0 saturated carbocycles. The van der Waals surface area contributed by atoms with Crippen LogP contribution < -0.4 is 4.74 Å². The van der Waals surface area contributed by atoms with Crippen LogP contribution >= 0.6 is 24.0 Å². The van der Waals surface area contributed by atoms with E-state index in [1.54, 1.807) is 7.11 Å². The third kappa shape index (κ3) is 2.57. The molecule has 0 fully saturated rings. The Morgan fingerprint density at radius 2 is 2.28 bits per heavy atom. The van der Waals surface area contributed by atoms with E-state index in [0.29, 0.717) is 6.04 Å². The lowest BCUT2D eigenvalue weighted by molar-refractivity contribution is 0.415. The highest BCUT2D eigenvalue weighted by atomic mass is 32.2. The topological polar surface area (TPSA) is 29.9 Å². The average Bonchev–Trinajstić information content (AvgIpc) is 2.70. The zero-order valence-corrected chi connectivity index (χ0v) is 12.5. The Labute approximate surface area is 117 Å². The van der Waals surface area contributed by atoms with Crippen molar-refractivity contribution in [2.45, 2.75) is 19.4 Å². The van der Waals surface area contributed by atoms with Gasteiger partial charge in [0, 0.05) is 12.1 Å². The first-order chi connectivity index (χ1) is 8.67. The van der Waals surface area contributed by atoms with Crippen LogP contribution in [0.25, 0.3) is 11.0 Å². The van der Waals surface area contributed by atoms with E-state index >= 15 is 0 Å². The molecule has 1 aromatic heterocycles. The molecule has 0 aliphatic carbocycles. The fourth-order valence-corrected chi connectivity index (χ4v) is 3.06. The van der Waals surface area contributed by atoms with Gasteiger partial charge < -0.3 is 14.3 Å². The van der Waals surface area contributed by atoms with Crippen molar-refractivity contribution < 1.29 is 4.74 Å². The number of hydrogen-bond donors (Lipinski definition) is 1. The summed E-state index contributed by atoms with van der Waals surface area (Å²) in [6.45, 7) is 2.21. The Bertz CT molecular complexity index is 588. The summed E-state index contributed by atoms with van der Waals surface area (Å²) in [5.41, 5.74) is 2.18. The van der Waals surface area contributed by atoms with Crippen LogP contribution in [0.4, 0.5) is 0 Å². The summed E-state index contributed by atoms with van der Waals surface area (Å²) in [7, 11) is 1.67. The molecule has 0 spiro atoms. The lowest BCUT2D eigenvalue weighted by Crippen LogP contribution is -2.06. The number of nitrogens with zero attached hydrogens (tertiary/aromatic N) is 1. The molecule has 0 saturated heterocycles. The van der Waals surface area contributed by atoms with E-state index in [1.165, 1.54) is 0 Å². The van der Waals surface area contributed by atoms with Crippen LogP contribution in [0.5, 0.6) is 5.75 Å². The fraction of sp³-hybridized carbons (Fsp3) is 0.462. The maximum absolute atomic E-state index is 5.42. The average molecular weight is 282 g/mol. The number of hydrogen-bond acceptors (Lipinski definition) is 3. The van der Waals surface area contributed by atoms with Crippen molar-refractivity contribution in [3.8, 4) is 5.75 Å². The zero-order chi connectivity index (χ0) is 13.1. The maximum atomic E-state index is 5.42. The van der Waals surface area contributed by atoms with E-state index < -0.39 is 0 Å². The third-order valence-corrected chi connectivity index (χ3v) is 4.05. The number of thioether (sulfide) groups is 1. The van der Waals surface area contributed by atoms with Crippen molar-refractivity contribution in [1.29, 1.82) is 0 Å². The van der Waals surface area contributed by atoms with Crippen molar-refractivity contribution in [3.05, 3.63) is 23.0 Å². The number of imidazole rings is 1. The second-order valence-corrected chi connectivity index (χ2v) is 5.69. The quantitative estimate of drug-likeness (QED) is 0.840. The number of fused-ring (bicyclic) bond motifs is 1. The Morgan fingerprint density at radius 1 is 1.50 bits per heavy atom. The summed E-state index contributed by atoms with van der Waals surface area (Å²) in [6.07, 6.45) is 3.25. The molecular formula is C13H18N2OS2. The zero-order valence-electron chi connectivity index (χ0n) is 10.9. The van der Waals surface area contributed by atoms with Gasteiger partial charge in [0.25, 0.3) is 0 Å². The number of ether oxygens (including phenoxy) is 1. The predicted molar refractivity (Wildman–Crippen MR) is 81.4 cm³/mol. The van der Waals surface area contributed by atoms with E-state index in [-0.39, 0.29) is 0 Å². The van der Waals surface area contributed by atoms with Gasteiger partial charge in [-0.05, 0) is 49.7 Å². The Balaban J connectivity index is 2.44. The Morgan fingerprint density at radius 3 is 2.94 bits per heavy atom. The van der Waals surface area contributed by atoms with E-state index in [0.717, 1.165) is 33.7 Å². The molecule has 0 aliphatic heterocycles. The van der Waals surface area contributed by atoms with Gasteiger partial charge in [-0.25, -0.2) is 0 Å². The van der Waals surface area contributed by atoms with Gasteiger partial charge in [0.15, 0.2) is 4.77 Å². The minimum atomic E-state index is 0.409. The van der Waals surface area contributed by atoms with Gasteiger partial charge in [0.05, 0.1) is 18.1 Å². The summed E-state index contributed by atoms with van der Waals surface area (Å²) in [4.78, 5) is 3.25. The second kappa shape index (κ2) is 5.80. The smallest absolute Gasteiger partial charge is 0.178 e. The molecule has 1 unspecified atom stereocenters. The van der Waals surface area contributed by atoms with Gasteiger partial charge in [-0.3, -0.25) is 0 Å². The Hall–Kier alpha value is -0.940. The molecular weight excluding hydrogens is 264 g/mol. The SMILES string of the molecule is COc1ccc2c(c1)[nH]c(=S)n2C(C)CCSC. The maximum Gasteiger partial charge on any atom is 0.178 e. The first kappa shape index (κ1) is 13.5. The second-order valence-electron chi connectivity index (χ2n) is 4.31. The monoisotopic (exact) mass is 282 g/mol. The van der Waals surface area contributed by atoms with Gasteiger partial charge in [-0.2, -0.15) is 11.8 Å². The molecule has 1 aromatic carbocycles. The number of benzene rings is 1. The van der Waals surface area contributed by atoms with Crippen LogP contribution in [0.2, 0.25) is 0 Å². The van der Waals surface area contributed by atoms with Crippen LogP contribution in [-0.2, 0) is 0 Å². The molecule has 2 rings (SSSR count). The van der Waals surface area contributed by atoms with Crippen molar-refractivity contribution in [2.75, 3.05) is 19.1 Å². The van der Waals surface area contributed by atoms with Crippen molar-refractivity contribution in [1.82, 2.24) is 9.55 Å². The summed E-state index contributed by atoms with van der Waals surface area (Å²) in [6, 6.07) is 6.44. The normalized spacial score (nSPS) is 12.8. The lowest BCUT2D eigenvalue weighted by Gasteiger charge is -2.13. The van der Waals surface area contributed by atoms with Crippen LogP contribution in [0.1, 0.15) is 19.4 Å². The molecule has 0 aliphatic rings. The molecule has 18 heavy (non-hydrogen) atoms. The van der Waals surface area contributed by atoms with Gasteiger partial charge >= 0.3 is 0 Å². The van der Waals surface area contributed by atoms with Crippen LogP contribution in [0.3, 0.4) is 0 Å². The van der Waals surface area contributed by atoms with Crippen molar-refractivity contribution in [3.63, 3.8) is 0 Å². The molecule has 1 heterocycles. The highest BCUT2D eigenvalue weighted by molar-refractivity contribution is 7.98. The number of methoxy groups -OCH3 is 1. The van der Waals surface area contributed by atoms with E-state index in [1.807, 2.05) is 23.9 Å². The highest BCUT2D eigenvalue weighted by Gasteiger charge is 2.11. The summed E-state index contributed by atoms with van der Waals surface area (Å²) >= 11 is 7.29. The minimum absolute atomic E-state index is 0.409. The first-order valence-electron chi connectivity index (χ1n) is 5.94. The summed E-state index contributed by atoms with van der Waals surface area (Å²) in [5.74, 6) is 1.99. The van der Waals surface area contributed by atoms with Crippen molar-refractivity contribution >= 4 is 35.0 Å². The molecule has 98 valence electrons. The molecule has 5 heteroatoms.